The summed E-state index contributed by atoms with van der Waals surface area (Å²) in [5, 5.41) is 12.7. The molecule has 0 saturated carbocycles. The number of nitrogens with zero attached hydrogens (tertiary/aromatic N) is 3. The van der Waals surface area contributed by atoms with E-state index >= 15 is 0 Å². The molecule has 0 aliphatic carbocycles. The molecule has 1 aromatic heterocycles. The zero-order chi connectivity index (χ0) is 24.4. The van der Waals surface area contributed by atoms with Crippen LogP contribution in [0.5, 0.6) is 0 Å². The number of aliphatic carboxylic acids is 1. The Morgan fingerprint density at radius 3 is 2.30 bits per heavy atom. The molecule has 1 unspecified atom stereocenters. The van der Waals surface area contributed by atoms with E-state index in [1.165, 1.54) is 0 Å². The first-order chi connectivity index (χ1) is 15.8. The molecule has 0 spiro atoms. The average Bonchev–Trinajstić information content (AvgIpc) is 2.77. The lowest BCUT2D eigenvalue weighted by atomic mass is 9.95. The zero-order valence-corrected chi connectivity index (χ0v) is 20.6. The van der Waals surface area contributed by atoms with E-state index in [0.717, 1.165) is 49.2 Å². The smallest absolute Gasteiger partial charge is 0.303 e. The standard InChI is InChI=1S/C27H38N4O2/c1-7-10-23(11-8-2)31(18-19(4)5)25-13-12-22(20(6)14-26(32)33)15-24(25)30-27-28-16-21(9-3)17-29-27/h3,12-13,15-17,19-20,23H,7-8,10-11,14,18H2,1-2,4-6H3,(H,32,33)(H,28,29,30). The number of rotatable bonds is 13. The molecule has 2 rings (SSSR count). The molecule has 0 fully saturated rings. The first-order valence-electron chi connectivity index (χ1n) is 12.0. The lowest BCUT2D eigenvalue weighted by Gasteiger charge is -2.37. The molecule has 6 nitrogen and oxygen atoms in total. The molecule has 33 heavy (non-hydrogen) atoms. The Balaban J connectivity index is 2.55. The van der Waals surface area contributed by atoms with Crippen LogP contribution in [0.25, 0.3) is 0 Å². The summed E-state index contributed by atoms with van der Waals surface area (Å²) in [7, 11) is 0. The number of carboxylic acids is 1. The normalized spacial score (nSPS) is 11.9. The number of hydrogen-bond donors (Lipinski definition) is 2. The summed E-state index contributed by atoms with van der Waals surface area (Å²) in [6.07, 6.45) is 13.2. The largest absolute Gasteiger partial charge is 0.481 e. The number of nitrogens with one attached hydrogen (secondary N) is 1. The van der Waals surface area contributed by atoms with E-state index in [-0.39, 0.29) is 12.3 Å². The third-order valence-electron chi connectivity index (χ3n) is 5.69. The monoisotopic (exact) mass is 450 g/mol. The molecular weight excluding hydrogens is 412 g/mol. The maximum Gasteiger partial charge on any atom is 0.303 e. The molecule has 0 aliphatic heterocycles. The third-order valence-corrected chi connectivity index (χ3v) is 5.69. The molecule has 1 aromatic carbocycles. The van der Waals surface area contributed by atoms with Crippen molar-refractivity contribution in [2.75, 3.05) is 16.8 Å². The highest BCUT2D eigenvalue weighted by molar-refractivity contribution is 5.75. The van der Waals surface area contributed by atoms with Gasteiger partial charge in [-0.1, -0.05) is 59.4 Å². The lowest BCUT2D eigenvalue weighted by Crippen LogP contribution is -2.38. The van der Waals surface area contributed by atoms with Crippen LogP contribution in [0.4, 0.5) is 17.3 Å². The van der Waals surface area contributed by atoms with Crippen LogP contribution in [-0.4, -0.2) is 33.6 Å². The van der Waals surface area contributed by atoms with Crippen molar-refractivity contribution in [2.45, 2.75) is 78.7 Å². The van der Waals surface area contributed by atoms with Crippen LogP contribution in [0.2, 0.25) is 0 Å². The summed E-state index contributed by atoms with van der Waals surface area (Å²) in [6, 6.07) is 6.64. The van der Waals surface area contributed by atoms with Crippen LogP contribution < -0.4 is 10.2 Å². The number of hydrogen-bond acceptors (Lipinski definition) is 5. The van der Waals surface area contributed by atoms with Crippen LogP contribution in [0, 0.1) is 18.3 Å². The molecule has 6 heteroatoms. The molecule has 0 saturated heterocycles. The Hall–Kier alpha value is -3.07. The van der Waals surface area contributed by atoms with Gasteiger partial charge in [-0.3, -0.25) is 4.79 Å². The van der Waals surface area contributed by atoms with Gasteiger partial charge in [0.05, 0.1) is 23.4 Å². The molecular formula is C27H38N4O2. The number of aromatic nitrogens is 2. The number of carbonyl (C=O) groups is 1. The molecule has 0 bridgehead atoms. The van der Waals surface area contributed by atoms with Gasteiger partial charge >= 0.3 is 5.97 Å². The van der Waals surface area contributed by atoms with Gasteiger partial charge in [0, 0.05) is 25.0 Å². The highest BCUT2D eigenvalue weighted by Gasteiger charge is 2.23. The second-order valence-corrected chi connectivity index (χ2v) is 9.12. The average molecular weight is 451 g/mol. The van der Waals surface area contributed by atoms with Gasteiger partial charge in [0.2, 0.25) is 5.95 Å². The molecule has 178 valence electrons. The van der Waals surface area contributed by atoms with Crippen molar-refractivity contribution in [3.8, 4) is 12.3 Å². The maximum absolute atomic E-state index is 11.3. The minimum absolute atomic E-state index is 0.0795. The van der Waals surface area contributed by atoms with E-state index in [1.54, 1.807) is 12.4 Å². The van der Waals surface area contributed by atoms with Crippen molar-refractivity contribution in [2.24, 2.45) is 5.92 Å². The van der Waals surface area contributed by atoms with E-state index in [2.05, 4.69) is 65.9 Å². The second kappa shape index (κ2) is 12.8. The lowest BCUT2D eigenvalue weighted by molar-refractivity contribution is -0.137. The molecule has 2 aromatic rings. The Bertz CT molecular complexity index is 928. The van der Waals surface area contributed by atoms with Crippen molar-refractivity contribution in [3.63, 3.8) is 0 Å². The predicted octanol–water partition coefficient (Wildman–Crippen LogP) is 6.21. The Morgan fingerprint density at radius 2 is 1.79 bits per heavy atom. The zero-order valence-electron chi connectivity index (χ0n) is 20.6. The predicted molar refractivity (Wildman–Crippen MR) is 136 cm³/mol. The van der Waals surface area contributed by atoms with Crippen LogP contribution in [0.3, 0.4) is 0 Å². The van der Waals surface area contributed by atoms with Gasteiger partial charge in [0.25, 0.3) is 0 Å². The van der Waals surface area contributed by atoms with Crippen molar-refractivity contribution in [3.05, 3.63) is 41.7 Å². The number of terminal acetylenes is 1. The highest BCUT2D eigenvalue weighted by Crippen LogP contribution is 2.35. The minimum Gasteiger partial charge on any atom is -0.481 e. The molecule has 0 amide bonds. The Labute approximate surface area is 198 Å². The molecule has 2 N–H and O–H groups in total. The van der Waals surface area contributed by atoms with Gasteiger partial charge in [-0.25, -0.2) is 9.97 Å². The quantitative estimate of drug-likeness (QED) is 0.353. The summed E-state index contributed by atoms with van der Waals surface area (Å²) in [5.41, 5.74) is 3.57. The minimum atomic E-state index is -0.804. The number of benzene rings is 1. The van der Waals surface area contributed by atoms with E-state index in [4.69, 9.17) is 6.42 Å². The van der Waals surface area contributed by atoms with Crippen molar-refractivity contribution in [1.82, 2.24) is 9.97 Å². The molecule has 0 radical (unpaired) electrons. The van der Waals surface area contributed by atoms with Crippen LogP contribution in [-0.2, 0) is 4.79 Å². The summed E-state index contributed by atoms with van der Waals surface area (Å²) in [6.45, 7) is 11.8. The fourth-order valence-electron chi connectivity index (χ4n) is 4.14. The van der Waals surface area contributed by atoms with Gasteiger partial charge in [0.1, 0.15) is 0 Å². The van der Waals surface area contributed by atoms with Crippen molar-refractivity contribution < 1.29 is 9.90 Å². The summed E-state index contributed by atoms with van der Waals surface area (Å²) in [4.78, 5) is 22.5. The van der Waals surface area contributed by atoms with Crippen LogP contribution in [0.15, 0.2) is 30.6 Å². The topological polar surface area (TPSA) is 78.3 Å². The fraction of sp³-hybridized carbons (Fsp3) is 0.519. The van der Waals surface area contributed by atoms with Crippen molar-refractivity contribution >= 4 is 23.3 Å². The van der Waals surface area contributed by atoms with Gasteiger partial charge in [-0.15, -0.1) is 6.42 Å². The highest BCUT2D eigenvalue weighted by atomic mass is 16.4. The Kier molecular flexibility index (Phi) is 10.2. The van der Waals surface area contributed by atoms with Gasteiger partial charge in [0.15, 0.2) is 0 Å². The first kappa shape index (κ1) is 26.2. The molecule has 0 aliphatic rings. The van der Waals surface area contributed by atoms with E-state index in [0.29, 0.717) is 23.5 Å². The van der Waals surface area contributed by atoms with Gasteiger partial charge in [-0.05, 0) is 42.4 Å². The molecule has 1 heterocycles. The van der Waals surface area contributed by atoms with Gasteiger partial charge in [-0.2, -0.15) is 0 Å². The number of carboxylic acid groups (broad SMARTS) is 1. The molecule has 1 atom stereocenters. The van der Waals surface area contributed by atoms with E-state index in [1.807, 2.05) is 13.0 Å². The Morgan fingerprint density at radius 1 is 1.15 bits per heavy atom. The first-order valence-corrected chi connectivity index (χ1v) is 12.0. The van der Waals surface area contributed by atoms with Crippen LogP contribution >= 0.6 is 0 Å². The van der Waals surface area contributed by atoms with E-state index in [9.17, 15) is 9.90 Å². The second-order valence-electron chi connectivity index (χ2n) is 9.12. The van der Waals surface area contributed by atoms with Crippen molar-refractivity contribution in [1.29, 1.82) is 0 Å². The summed E-state index contributed by atoms with van der Waals surface area (Å²) in [5.74, 6) is 2.58. The maximum atomic E-state index is 11.3. The third kappa shape index (κ3) is 7.78. The SMILES string of the molecule is C#Cc1cnc(Nc2cc(C(C)CC(=O)O)ccc2N(CC(C)C)C(CCC)CCC)nc1. The number of anilines is 3. The van der Waals surface area contributed by atoms with E-state index < -0.39 is 5.97 Å². The fourth-order valence-corrected chi connectivity index (χ4v) is 4.14. The summed E-state index contributed by atoms with van der Waals surface area (Å²) >= 11 is 0. The van der Waals surface area contributed by atoms with Gasteiger partial charge < -0.3 is 15.3 Å². The van der Waals surface area contributed by atoms with Crippen LogP contribution in [0.1, 0.15) is 83.8 Å². The summed E-state index contributed by atoms with van der Waals surface area (Å²) < 4.78 is 0.